The van der Waals surface area contributed by atoms with Crippen LogP contribution >= 0.6 is 11.6 Å². The van der Waals surface area contributed by atoms with Crippen LogP contribution in [0.3, 0.4) is 0 Å². The summed E-state index contributed by atoms with van der Waals surface area (Å²) in [6, 6.07) is 13.6. The molecule has 0 spiro atoms. The van der Waals surface area contributed by atoms with Gasteiger partial charge in [0.1, 0.15) is 29.8 Å². The Labute approximate surface area is 315 Å². The number of fused-ring (bicyclic) bond motifs is 1. The maximum absolute atomic E-state index is 13.1. The number of rotatable bonds is 10. The van der Waals surface area contributed by atoms with Gasteiger partial charge in [0.05, 0.1) is 21.2 Å². The molecular weight excluding hydrogens is 753 g/mol. The van der Waals surface area contributed by atoms with E-state index in [9.17, 15) is 31.2 Å². The number of carbonyl (C=O) groups is 3. The number of carboxylic acid groups (broad SMARTS) is 1. The lowest BCUT2D eigenvalue weighted by Crippen LogP contribution is -2.44. The highest BCUT2D eigenvalue weighted by molar-refractivity contribution is 7.91. The monoisotopic (exact) mass is 792 g/mol. The molecule has 3 aliphatic rings. The number of sulfone groups is 1. The number of nitrogens with zero attached hydrogens (tertiary/aromatic N) is 3. The molecule has 13 nitrogen and oxygen atoms in total. The second-order valence-corrected chi connectivity index (χ2v) is 15.4. The zero-order valence-electron chi connectivity index (χ0n) is 29.1. The third-order valence-electron chi connectivity index (χ3n) is 9.13. The number of amides is 2. The van der Waals surface area contributed by atoms with E-state index in [0.717, 1.165) is 38.5 Å². The fourth-order valence-corrected chi connectivity index (χ4v) is 7.69. The van der Waals surface area contributed by atoms with Gasteiger partial charge in [0.25, 0.3) is 0 Å². The van der Waals surface area contributed by atoms with Crippen molar-refractivity contribution < 1.29 is 45.8 Å². The van der Waals surface area contributed by atoms with Crippen molar-refractivity contribution in [1.29, 1.82) is 0 Å². The largest absolute Gasteiger partial charge is 0.490 e. The van der Waals surface area contributed by atoms with Crippen molar-refractivity contribution in [2.75, 3.05) is 42.6 Å². The molecule has 0 unspecified atom stereocenters. The van der Waals surface area contributed by atoms with Gasteiger partial charge >= 0.3 is 12.1 Å². The van der Waals surface area contributed by atoms with Crippen LogP contribution in [0, 0.1) is 5.92 Å². The van der Waals surface area contributed by atoms with E-state index in [0.29, 0.717) is 71.2 Å². The first-order valence-electron chi connectivity index (χ1n) is 17.4. The Morgan fingerprint density at radius 2 is 1.70 bits per heavy atom. The summed E-state index contributed by atoms with van der Waals surface area (Å²) in [5.74, 6) is -1.20. The van der Waals surface area contributed by atoms with Crippen LogP contribution in [0.1, 0.15) is 50.5 Å². The third-order valence-corrected chi connectivity index (χ3v) is 11.2. The Balaban J connectivity index is 0.000000730. The molecule has 1 saturated carbocycles. The van der Waals surface area contributed by atoms with Crippen LogP contribution in [-0.4, -0.2) is 90.4 Å². The lowest BCUT2D eigenvalue weighted by Gasteiger charge is -2.33. The number of alkyl halides is 3. The molecule has 0 bridgehead atoms. The van der Waals surface area contributed by atoms with Gasteiger partial charge in [-0.2, -0.15) is 13.2 Å². The van der Waals surface area contributed by atoms with Crippen molar-refractivity contribution in [2.45, 2.75) is 62.1 Å². The van der Waals surface area contributed by atoms with Crippen LogP contribution < -0.4 is 20.7 Å². The van der Waals surface area contributed by atoms with Crippen molar-refractivity contribution in [3.63, 3.8) is 0 Å². The van der Waals surface area contributed by atoms with E-state index in [2.05, 4.69) is 25.9 Å². The molecule has 2 amide bonds. The van der Waals surface area contributed by atoms with E-state index in [1.165, 1.54) is 6.33 Å². The summed E-state index contributed by atoms with van der Waals surface area (Å²) >= 11 is 6.65. The molecule has 1 aromatic heterocycles. The Kier molecular flexibility index (Phi) is 13.4. The number of hydrogen-bond donors (Lipinski definition) is 4. The lowest BCUT2D eigenvalue weighted by molar-refractivity contribution is -0.192. The molecule has 2 aliphatic heterocycles. The highest BCUT2D eigenvalue weighted by Crippen LogP contribution is 2.34. The van der Waals surface area contributed by atoms with Gasteiger partial charge < -0.3 is 30.7 Å². The zero-order valence-corrected chi connectivity index (χ0v) is 30.6. The summed E-state index contributed by atoms with van der Waals surface area (Å²) in [7, 11) is -3.52. The molecule has 6 rings (SSSR count). The molecule has 1 aliphatic carbocycles. The van der Waals surface area contributed by atoms with Gasteiger partial charge in [0.2, 0.25) is 11.8 Å². The number of aliphatic carboxylic acids is 1. The third kappa shape index (κ3) is 10.8. The van der Waals surface area contributed by atoms with Gasteiger partial charge in [-0.15, -0.1) is 0 Å². The number of aromatic nitrogens is 2. The predicted octanol–water partition coefficient (Wildman–Crippen LogP) is 5.86. The number of nitrogens with one attached hydrogen (secondary N) is 3. The van der Waals surface area contributed by atoms with E-state index in [1.54, 1.807) is 42.5 Å². The standard InChI is InChI=1S/C34H39ClN6O5S.C2HF3O2/c35-29-21-25(10-11-30(29)46-26-13-17-41(18-14-26)34(43)23-6-4-5-7-23)40-32-28-20-24(12-15-36-31(28)38-22-39-32)33(42)37-16-19-47(44,45)27-8-2-1-3-9-27;3-2(4,5)1(6)7/h1-3,8-11,20-23,26H,4-7,12-19H2,(H,37,42)(H2,36,38,39,40);(H,6,7). The van der Waals surface area contributed by atoms with Crippen molar-refractivity contribution in [3.8, 4) is 5.75 Å². The number of benzene rings is 2. The fraction of sp³-hybridized carbons (Fsp3) is 0.417. The van der Waals surface area contributed by atoms with Crippen LogP contribution in [0.15, 0.2) is 65.3 Å². The van der Waals surface area contributed by atoms with Crippen LogP contribution in [0.25, 0.3) is 6.08 Å². The quantitative estimate of drug-likeness (QED) is 0.193. The number of carbonyl (C=O) groups excluding carboxylic acids is 2. The van der Waals surface area contributed by atoms with Crippen molar-refractivity contribution in [2.24, 2.45) is 5.92 Å². The molecule has 290 valence electrons. The Morgan fingerprint density at radius 3 is 2.35 bits per heavy atom. The van der Waals surface area contributed by atoms with E-state index in [-0.39, 0.29) is 35.1 Å². The molecule has 1 saturated heterocycles. The minimum absolute atomic E-state index is 0.0178. The summed E-state index contributed by atoms with van der Waals surface area (Å²) in [4.78, 5) is 45.8. The van der Waals surface area contributed by atoms with Crippen LogP contribution in [0.4, 0.5) is 30.5 Å². The molecule has 4 N–H and O–H groups in total. The maximum atomic E-state index is 13.1. The minimum Gasteiger partial charge on any atom is -0.489 e. The molecule has 54 heavy (non-hydrogen) atoms. The Bertz CT molecular complexity index is 1950. The van der Waals surface area contributed by atoms with Gasteiger partial charge in [-0.3, -0.25) is 9.59 Å². The Morgan fingerprint density at radius 1 is 1.02 bits per heavy atom. The van der Waals surface area contributed by atoms with E-state index < -0.39 is 22.0 Å². The lowest BCUT2D eigenvalue weighted by atomic mass is 10.0. The predicted molar refractivity (Wildman–Crippen MR) is 195 cm³/mol. The average molecular weight is 793 g/mol. The van der Waals surface area contributed by atoms with Crippen LogP contribution in [-0.2, 0) is 24.2 Å². The van der Waals surface area contributed by atoms with Crippen molar-refractivity contribution >= 4 is 62.6 Å². The van der Waals surface area contributed by atoms with E-state index in [1.807, 2.05) is 17.0 Å². The summed E-state index contributed by atoms with van der Waals surface area (Å²) in [6.07, 6.45) is 4.32. The van der Waals surface area contributed by atoms with E-state index >= 15 is 0 Å². The fourth-order valence-electron chi connectivity index (χ4n) is 6.29. The normalized spacial score (nSPS) is 16.4. The van der Waals surface area contributed by atoms with Crippen LogP contribution in [0.2, 0.25) is 5.02 Å². The first kappa shape index (κ1) is 40.3. The van der Waals surface area contributed by atoms with E-state index in [4.69, 9.17) is 26.2 Å². The number of anilines is 3. The van der Waals surface area contributed by atoms with Gasteiger partial charge in [-0.05, 0) is 55.7 Å². The average Bonchev–Trinajstić information content (AvgIpc) is 3.59. The number of likely N-dealkylation sites (tertiary alicyclic amines) is 1. The summed E-state index contributed by atoms with van der Waals surface area (Å²) in [5, 5.41) is 16.8. The second-order valence-electron chi connectivity index (χ2n) is 12.9. The topological polar surface area (TPSA) is 180 Å². The summed E-state index contributed by atoms with van der Waals surface area (Å²) < 4.78 is 63.2. The SMILES string of the molecule is O=C(NCCS(=O)(=O)c1ccccc1)C1=Cc2c(ncnc2Nc2ccc(OC3CCN(C(=O)C4CCCC4)CC3)c(Cl)c2)NCC1.O=C(O)C(F)(F)F. The number of hydrogen-bond acceptors (Lipinski definition) is 10. The first-order valence-corrected chi connectivity index (χ1v) is 19.4. The van der Waals surface area contributed by atoms with Gasteiger partial charge in [-0.1, -0.05) is 42.6 Å². The Hall–Kier alpha value is -4.90. The molecule has 18 heteroatoms. The first-order chi connectivity index (χ1) is 25.7. The summed E-state index contributed by atoms with van der Waals surface area (Å²) in [6.45, 7) is 1.85. The van der Waals surface area contributed by atoms with Crippen molar-refractivity contribution in [1.82, 2.24) is 20.2 Å². The number of carboxylic acids is 1. The second kappa shape index (κ2) is 18.0. The zero-order chi connectivity index (χ0) is 38.9. The molecule has 2 aromatic carbocycles. The molecule has 0 radical (unpaired) electrons. The smallest absolute Gasteiger partial charge is 0.489 e. The van der Waals surface area contributed by atoms with Gasteiger partial charge in [-0.25, -0.2) is 23.2 Å². The number of halogens is 4. The van der Waals surface area contributed by atoms with Gasteiger partial charge in [0.15, 0.2) is 9.84 Å². The van der Waals surface area contributed by atoms with Gasteiger partial charge in [0, 0.05) is 56.2 Å². The highest BCUT2D eigenvalue weighted by Gasteiger charge is 2.38. The molecular formula is C36H40ClF3N6O7S. The molecule has 3 aromatic rings. The molecule has 2 fully saturated rings. The minimum atomic E-state index is -5.08. The number of ether oxygens (including phenoxy) is 1. The molecule has 0 atom stereocenters. The highest BCUT2D eigenvalue weighted by atomic mass is 35.5. The molecule has 3 heterocycles. The van der Waals surface area contributed by atoms with Crippen LogP contribution in [0.5, 0.6) is 5.75 Å². The van der Waals surface area contributed by atoms with Crippen molar-refractivity contribution in [3.05, 3.63) is 71.0 Å². The summed E-state index contributed by atoms with van der Waals surface area (Å²) in [5.41, 5.74) is 1.75. The maximum Gasteiger partial charge on any atom is 0.490 e. The number of piperidine rings is 1.